The Morgan fingerprint density at radius 2 is 1.64 bits per heavy atom. The van der Waals surface area contributed by atoms with Crippen LogP contribution in [0.4, 0.5) is 16.2 Å². The van der Waals surface area contributed by atoms with E-state index in [4.69, 9.17) is 4.74 Å². The third-order valence-electron chi connectivity index (χ3n) is 3.56. The highest BCUT2D eigenvalue weighted by atomic mass is 16.5. The molecule has 0 heterocycles. The number of esters is 1. The lowest BCUT2D eigenvalue weighted by molar-refractivity contribution is 0.0526. The Morgan fingerprint density at radius 1 is 1.00 bits per heavy atom. The van der Waals surface area contributed by atoms with Crippen molar-refractivity contribution in [3.63, 3.8) is 0 Å². The molecule has 2 amide bonds. The van der Waals surface area contributed by atoms with E-state index in [1.807, 2.05) is 43.3 Å². The second-order valence-electron chi connectivity index (χ2n) is 5.67. The van der Waals surface area contributed by atoms with Gasteiger partial charge >= 0.3 is 12.0 Å². The number of nitrogens with zero attached hydrogens (tertiary/aromatic N) is 1. The van der Waals surface area contributed by atoms with Crippen molar-refractivity contribution >= 4 is 23.4 Å². The predicted octanol–water partition coefficient (Wildman–Crippen LogP) is 3.25. The van der Waals surface area contributed by atoms with Gasteiger partial charge in [0, 0.05) is 32.0 Å². The van der Waals surface area contributed by atoms with E-state index in [0.717, 1.165) is 16.9 Å². The molecule has 0 fully saturated rings. The first-order valence-corrected chi connectivity index (χ1v) is 8.08. The Bertz CT molecular complexity index is 710. The number of benzene rings is 2. The Balaban J connectivity index is 1.84. The zero-order valence-electron chi connectivity index (χ0n) is 14.7. The van der Waals surface area contributed by atoms with Crippen molar-refractivity contribution in [1.82, 2.24) is 5.32 Å². The second kappa shape index (κ2) is 8.73. The van der Waals surface area contributed by atoms with Crippen LogP contribution in [0, 0.1) is 0 Å². The Kier molecular flexibility index (Phi) is 6.39. The Labute approximate surface area is 147 Å². The van der Waals surface area contributed by atoms with Crippen LogP contribution in [-0.4, -0.2) is 32.7 Å². The van der Waals surface area contributed by atoms with E-state index in [1.54, 1.807) is 31.2 Å². The summed E-state index contributed by atoms with van der Waals surface area (Å²) in [6.45, 7) is 2.48. The molecule has 0 atom stereocenters. The molecule has 2 rings (SSSR count). The van der Waals surface area contributed by atoms with Crippen LogP contribution in [0.2, 0.25) is 0 Å². The molecule has 0 aliphatic rings. The number of hydrogen-bond donors (Lipinski definition) is 2. The van der Waals surface area contributed by atoms with Crippen LogP contribution in [0.25, 0.3) is 0 Å². The van der Waals surface area contributed by atoms with Crippen molar-refractivity contribution < 1.29 is 14.3 Å². The molecule has 132 valence electrons. The number of carbonyl (C=O) groups is 2. The van der Waals surface area contributed by atoms with Crippen molar-refractivity contribution in [2.24, 2.45) is 0 Å². The zero-order chi connectivity index (χ0) is 18.2. The largest absolute Gasteiger partial charge is 0.462 e. The lowest BCUT2D eigenvalue weighted by Gasteiger charge is -2.13. The minimum atomic E-state index is -0.346. The molecule has 2 aromatic carbocycles. The summed E-state index contributed by atoms with van der Waals surface area (Å²) in [6, 6.07) is 14.2. The molecule has 0 bridgehead atoms. The lowest BCUT2D eigenvalue weighted by atomic mass is 10.1. The lowest BCUT2D eigenvalue weighted by Crippen LogP contribution is -2.28. The van der Waals surface area contributed by atoms with E-state index < -0.39 is 0 Å². The Hall–Kier alpha value is -3.02. The van der Waals surface area contributed by atoms with Gasteiger partial charge in [0.25, 0.3) is 0 Å². The number of ether oxygens (including phenoxy) is 1. The molecule has 25 heavy (non-hydrogen) atoms. The third kappa shape index (κ3) is 5.53. The van der Waals surface area contributed by atoms with Gasteiger partial charge in [-0.2, -0.15) is 0 Å². The summed E-state index contributed by atoms with van der Waals surface area (Å²) >= 11 is 0. The molecule has 0 saturated heterocycles. The highest BCUT2D eigenvalue weighted by Gasteiger charge is 2.06. The van der Waals surface area contributed by atoms with Gasteiger partial charge in [-0.05, 0) is 48.9 Å². The molecular weight excluding hydrogens is 318 g/mol. The summed E-state index contributed by atoms with van der Waals surface area (Å²) in [6.07, 6.45) is 0. The standard InChI is InChI=1S/C19H23N3O3/c1-4-25-18(23)15-7-5-14(6-8-15)13-20-19(24)21-16-9-11-17(12-10-16)22(2)3/h5-12H,4,13H2,1-3H3,(H2,20,21,24). The number of urea groups is 1. The Morgan fingerprint density at radius 3 is 2.20 bits per heavy atom. The first-order chi connectivity index (χ1) is 12.0. The molecule has 2 aromatic rings. The molecule has 0 saturated carbocycles. The van der Waals surface area contributed by atoms with Crippen molar-refractivity contribution in [1.29, 1.82) is 0 Å². The van der Waals surface area contributed by atoms with Gasteiger partial charge in [-0.1, -0.05) is 12.1 Å². The summed E-state index contributed by atoms with van der Waals surface area (Å²) in [5, 5.41) is 5.56. The first kappa shape index (κ1) is 18.3. The van der Waals surface area contributed by atoms with Gasteiger partial charge in [0.1, 0.15) is 0 Å². The maximum absolute atomic E-state index is 12.0. The first-order valence-electron chi connectivity index (χ1n) is 8.08. The minimum Gasteiger partial charge on any atom is -0.462 e. The number of rotatable bonds is 6. The monoisotopic (exact) mass is 341 g/mol. The van der Waals surface area contributed by atoms with E-state index in [0.29, 0.717) is 18.7 Å². The SMILES string of the molecule is CCOC(=O)c1ccc(CNC(=O)Nc2ccc(N(C)C)cc2)cc1. The van der Waals surface area contributed by atoms with Crippen molar-refractivity contribution in [3.05, 3.63) is 59.7 Å². The van der Waals surface area contributed by atoms with E-state index in [1.165, 1.54) is 0 Å². The maximum Gasteiger partial charge on any atom is 0.338 e. The summed E-state index contributed by atoms with van der Waals surface area (Å²) in [5.74, 6) is -0.346. The third-order valence-corrected chi connectivity index (χ3v) is 3.56. The number of nitrogens with one attached hydrogen (secondary N) is 2. The number of hydrogen-bond acceptors (Lipinski definition) is 4. The number of carbonyl (C=O) groups excluding carboxylic acids is 2. The predicted molar refractivity (Wildman–Crippen MR) is 99.0 cm³/mol. The van der Waals surface area contributed by atoms with Crippen LogP contribution in [0.3, 0.4) is 0 Å². The molecule has 0 unspecified atom stereocenters. The average Bonchev–Trinajstić information content (AvgIpc) is 2.61. The quantitative estimate of drug-likeness (QED) is 0.791. The molecule has 2 N–H and O–H groups in total. The fourth-order valence-electron chi connectivity index (χ4n) is 2.17. The summed E-state index contributed by atoms with van der Waals surface area (Å²) in [5.41, 5.74) is 3.18. The van der Waals surface area contributed by atoms with Crippen molar-refractivity contribution in [2.75, 3.05) is 30.9 Å². The molecule has 6 heteroatoms. The molecule has 0 aliphatic heterocycles. The molecule has 0 radical (unpaired) electrons. The topological polar surface area (TPSA) is 70.7 Å². The van der Waals surface area contributed by atoms with Crippen LogP contribution < -0.4 is 15.5 Å². The van der Waals surface area contributed by atoms with E-state index in [9.17, 15) is 9.59 Å². The fraction of sp³-hybridized carbons (Fsp3) is 0.263. The van der Waals surface area contributed by atoms with Crippen LogP contribution >= 0.6 is 0 Å². The minimum absolute atomic E-state index is 0.285. The molecule has 6 nitrogen and oxygen atoms in total. The van der Waals surface area contributed by atoms with E-state index in [-0.39, 0.29) is 12.0 Å². The highest BCUT2D eigenvalue weighted by molar-refractivity contribution is 5.90. The molecule has 0 aromatic heterocycles. The maximum atomic E-state index is 12.0. The van der Waals surface area contributed by atoms with Crippen LogP contribution in [0.5, 0.6) is 0 Å². The average molecular weight is 341 g/mol. The molecule has 0 aliphatic carbocycles. The van der Waals surface area contributed by atoms with Gasteiger partial charge in [0.05, 0.1) is 12.2 Å². The van der Waals surface area contributed by atoms with Crippen LogP contribution in [0.15, 0.2) is 48.5 Å². The normalized spacial score (nSPS) is 10.0. The highest BCUT2D eigenvalue weighted by Crippen LogP contribution is 2.15. The smallest absolute Gasteiger partial charge is 0.338 e. The zero-order valence-corrected chi connectivity index (χ0v) is 14.7. The van der Waals surface area contributed by atoms with Gasteiger partial charge in [-0.3, -0.25) is 0 Å². The molecule has 0 spiro atoms. The van der Waals surface area contributed by atoms with Crippen molar-refractivity contribution in [3.8, 4) is 0 Å². The summed E-state index contributed by atoms with van der Waals surface area (Å²) in [4.78, 5) is 25.5. The second-order valence-corrected chi connectivity index (χ2v) is 5.67. The fourth-order valence-corrected chi connectivity index (χ4v) is 2.17. The van der Waals surface area contributed by atoms with Crippen LogP contribution in [0.1, 0.15) is 22.8 Å². The van der Waals surface area contributed by atoms with Gasteiger partial charge in [0.2, 0.25) is 0 Å². The van der Waals surface area contributed by atoms with Gasteiger partial charge in [-0.25, -0.2) is 9.59 Å². The van der Waals surface area contributed by atoms with Gasteiger partial charge in [-0.15, -0.1) is 0 Å². The van der Waals surface area contributed by atoms with Crippen LogP contribution in [-0.2, 0) is 11.3 Å². The summed E-state index contributed by atoms with van der Waals surface area (Å²) in [7, 11) is 3.92. The number of amides is 2. The van der Waals surface area contributed by atoms with Gasteiger partial charge < -0.3 is 20.3 Å². The molecular formula is C19H23N3O3. The van der Waals surface area contributed by atoms with Gasteiger partial charge in [0.15, 0.2) is 0 Å². The number of anilines is 2. The summed E-state index contributed by atoms with van der Waals surface area (Å²) < 4.78 is 4.93. The van der Waals surface area contributed by atoms with E-state index >= 15 is 0 Å². The van der Waals surface area contributed by atoms with Crippen molar-refractivity contribution in [2.45, 2.75) is 13.5 Å². The van der Waals surface area contributed by atoms with E-state index in [2.05, 4.69) is 10.6 Å².